The Morgan fingerprint density at radius 1 is 1.00 bits per heavy atom. The van der Waals surface area contributed by atoms with Gasteiger partial charge in [0.05, 0.1) is 6.61 Å². The molecule has 2 rings (SSSR count). The maximum Gasteiger partial charge on any atom is 0.325 e. The minimum absolute atomic E-state index is 0.00404. The Balaban J connectivity index is 1.94. The molecule has 1 fully saturated rings. The molecular weight excluding hydrogens is 376 g/mol. The fraction of sp³-hybridized carbons (Fsp3) is 0.700. The molecule has 1 aromatic rings. The second-order valence-electron chi connectivity index (χ2n) is 7.66. The molecule has 1 atom stereocenters. The number of carbonyl (C=O) groups excluding carboxylic acids is 2. The lowest BCUT2D eigenvalue weighted by atomic mass is 9.97. The van der Waals surface area contributed by atoms with Crippen LogP contribution in [-0.2, 0) is 4.79 Å². The molecule has 0 aliphatic heterocycles. The van der Waals surface area contributed by atoms with Crippen LogP contribution in [0.5, 0.6) is 0 Å². The number of aliphatic hydroxyl groups is 1. The molecule has 1 aliphatic carbocycles. The number of amides is 2. The predicted octanol–water partition coefficient (Wildman–Crippen LogP) is 0.943. The van der Waals surface area contributed by atoms with Crippen molar-refractivity contribution in [2.24, 2.45) is 0 Å². The molecule has 9 nitrogen and oxygen atoms in total. The van der Waals surface area contributed by atoms with E-state index in [9.17, 15) is 24.3 Å². The molecule has 0 radical (unpaired) electrons. The van der Waals surface area contributed by atoms with Gasteiger partial charge in [-0.3, -0.25) is 19.4 Å². The lowest BCUT2D eigenvalue weighted by molar-refractivity contribution is -0.124. The van der Waals surface area contributed by atoms with Gasteiger partial charge in [0, 0.05) is 12.2 Å². The summed E-state index contributed by atoms with van der Waals surface area (Å²) in [6.07, 6.45) is 13.3. The Morgan fingerprint density at radius 2 is 1.55 bits per heavy atom. The predicted molar refractivity (Wildman–Crippen MR) is 109 cm³/mol. The third-order valence-corrected chi connectivity index (χ3v) is 5.32. The van der Waals surface area contributed by atoms with Crippen molar-refractivity contribution in [3.63, 3.8) is 0 Å². The van der Waals surface area contributed by atoms with Gasteiger partial charge >= 0.3 is 5.69 Å². The summed E-state index contributed by atoms with van der Waals surface area (Å²) in [5, 5.41) is 14.9. The van der Waals surface area contributed by atoms with Crippen LogP contribution in [0.15, 0.2) is 15.8 Å². The zero-order valence-electron chi connectivity index (χ0n) is 16.8. The molecule has 1 saturated carbocycles. The molecule has 1 heterocycles. The number of nitrogens with one attached hydrogen (secondary N) is 4. The number of rotatable bonds is 5. The number of aliphatic hydroxyl groups excluding tert-OH is 1. The van der Waals surface area contributed by atoms with E-state index < -0.39 is 35.7 Å². The lowest BCUT2D eigenvalue weighted by Gasteiger charge is -2.23. The van der Waals surface area contributed by atoms with Crippen molar-refractivity contribution in [1.29, 1.82) is 0 Å². The van der Waals surface area contributed by atoms with Gasteiger partial charge in [0.1, 0.15) is 11.6 Å². The molecular formula is C20H32N4O5. The summed E-state index contributed by atoms with van der Waals surface area (Å²) in [5.74, 6) is -1.31. The first kappa shape index (κ1) is 22.9. The molecule has 29 heavy (non-hydrogen) atoms. The van der Waals surface area contributed by atoms with Gasteiger partial charge < -0.3 is 20.7 Å². The number of aromatic amines is 2. The summed E-state index contributed by atoms with van der Waals surface area (Å²) < 4.78 is 0. The van der Waals surface area contributed by atoms with Crippen LogP contribution < -0.4 is 21.9 Å². The van der Waals surface area contributed by atoms with Crippen molar-refractivity contribution in [2.45, 2.75) is 82.7 Å². The van der Waals surface area contributed by atoms with E-state index in [0.717, 1.165) is 44.7 Å². The van der Waals surface area contributed by atoms with Gasteiger partial charge in [-0.1, -0.05) is 57.8 Å². The second kappa shape index (κ2) is 12.2. The smallest absolute Gasteiger partial charge is 0.325 e. The summed E-state index contributed by atoms with van der Waals surface area (Å²) in [6, 6.07) is -1.17. The highest BCUT2D eigenvalue weighted by Gasteiger charge is 2.24. The first-order chi connectivity index (χ1) is 14.0. The minimum Gasteiger partial charge on any atom is -0.394 e. The first-order valence-electron chi connectivity index (χ1n) is 10.6. The topological polar surface area (TPSA) is 144 Å². The molecule has 0 saturated heterocycles. The van der Waals surface area contributed by atoms with Crippen LogP contribution in [0.4, 0.5) is 0 Å². The molecule has 0 spiro atoms. The quantitative estimate of drug-likeness (QED) is 0.492. The molecule has 0 aromatic carbocycles. The molecule has 0 bridgehead atoms. The molecule has 0 unspecified atom stereocenters. The van der Waals surface area contributed by atoms with E-state index in [4.69, 9.17) is 0 Å². The van der Waals surface area contributed by atoms with Gasteiger partial charge in [-0.15, -0.1) is 0 Å². The zero-order valence-corrected chi connectivity index (χ0v) is 16.8. The Hall–Kier alpha value is -2.42. The van der Waals surface area contributed by atoms with E-state index in [1.54, 1.807) is 0 Å². The van der Waals surface area contributed by atoms with Crippen molar-refractivity contribution >= 4 is 11.8 Å². The maximum atomic E-state index is 12.6. The average Bonchev–Trinajstić information content (AvgIpc) is 2.67. The highest BCUT2D eigenvalue weighted by molar-refractivity contribution is 5.97. The van der Waals surface area contributed by atoms with E-state index in [-0.39, 0.29) is 11.6 Å². The first-order valence-corrected chi connectivity index (χ1v) is 10.6. The molecule has 2 amide bonds. The van der Waals surface area contributed by atoms with Crippen LogP contribution >= 0.6 is 0 Å². The van der Waals surface area contributed by atoms with Crippen LogP contribution in [0.2, 0.25) is 0 Å². The maximum absolute atomic E-state index is 12.6. The molecule has 1 aliphatic rings. The third kappa shape index (κ3) is 7.84. The molecule has 162 valence electrons. The largest absolute Gasteiger partial charge is 0.394 e. The summed E-state index contributed by atoms with van der Waals surface area (Å²) in [7, 11) is 0. The summed E-state index contributed by atoms with van der Waals surface area (Å²) in [5.41, 5.74) is -1.92. The van der Waals surface area contributed by atoms with Gasteiger partial charge in [0.25, 0.3) is 11.5 Å². The van der Waals surface area contributed by atoms with E-state index in [1.807, 2.05) is 4.98 Å². The Labute approximate surface area is 169 Å². The fourth-order valence-electron chi connectivity index (χ4n) is 3.62. The van der Waals surface area contributed by atoms with E-state index in [0.29, 0.717) is 0 Å². The zero-order chi connectivity index (χ0) is 21.1. The number of aromatic nitrogens is 2. The van der Waals surface area contributed by atoms with Crippen LogP contribution in [0.25, 0.3) is 0 Å². The Bertz CT molecular complexity index is 761. The standard InChI is InChI=1S/C20H32N4O5/c25-13-16(23-17(26)15-12-21-20(29)24-18(15)27)19(28)22-14-10-8-6-4-2-1-3-5-7-9-11-14/h12,14,16,25H,1-11,13H2,(H,22,28)(H,23,26)(H2,21,24,27,29)/t16-/m0/s1. The van der Waals surface area contributed by atoms with Crippen molar-refractivity contribution in [1.82, 2.24) is 20.6 Å². The van der Waals surface area contributed by atoms with Gasteiger partial charge in [-0.2, -0.15) is 0 Å². The number of hydrogen-bond acceptors (Lipinski definition) is 5. The van der Waals surface area contributed by atoms with E-state index >= 15 is 0 Å². The monoisotopic (exact) mass is 408 g/mol. The molecule has 5 N–H and O–H groups in total. The van der Waals surface area contributed by atoms with Crippen LogP contribution in [0.1, 0.15) is 81.0 Å². The summed E-state index contributed by atoms with van der Waals surface area (Å²) >= 11 is 0. The lowest BCUT2D eigenvalue weighted by Crippen LogP contribution is -2.52. The van der Waals surface area contributed by atoms with Crippen molar-refractivity contribution in [3.8, 4) is 0 Å². The van der Waals surface area contributed by atoms with Crippen molar-refractivity contribution in [2.75, 3.05) is 6.61 Å². The summed E-state index contributed by atoms with van der Waals surface area (Å²) in [4.78, 5) is 51.8. The van der Waals surface area contributed by atoms with Gasteiger partial charge in [-0.05, 0) is 12.8 Å². The van der Waals surface area contributed by atoms with Crippen LogP contribution in [0.3, 0.4) is 0 Å². The highest BCUT2D eigenvalue weighted by atomic mass is 16.3. The van der Waals surface area contributed by atoms with E-state index in [2.05, 4.69) is 15.6 Å². The number of hydrogen-bond donors (Lipinski definition) is 5. The average molecular weight is 408 g/mol. The second-order valence-corrected chi connectivity index (χ2v) is 7.66. The van der Waals surface area contributed by atoms with Crippen molar-refractivity contribution < 1.29 is 14.7 Å². The van der Waals surface area contributed by atoms with Gasteiger partial charge in [0.15, 0.2) is 0 Å². The minimum atomic E-state index is -1.17. The van der Waals surface area contributed by atoms with Crippen LogP contribution in [0, 0.1) is 0 Å². The summed E-state index contributed by atoms with van der Waals surface area (Å²) in [6.45, 7) is -0.592. The normalized spacial score (nSPS) is 18.1. The van der Waals surface area contributed by atoms with Crippen molar-refractivity contribution in [3.05, 3.63) is 32.6 Å². The highest BCUT2D eigenvalue weighted by Crippen LogP contribution is 2.17. The van der Waals surface area contributed by atoms with E-state index in [1.165, 1.54) is 32.1 Å². The number of carbonyl (C=O) groups is 2. The van der Waals surface area contributed by atoms with Gasteiger partial charge in [-0.25, -0.2) is 4.79 Å². The fourth-order valence-corrected chi connectivity index (χ4v) is 3.62. The third-order valence-electron chi connectivity index (χ3n) is 5.32. The molecule has 9 heteroatoms. The van der Waals surface area contributed by atoms with Gasteiger partial charge in [0.2, 0.25) is 5.91 Å². The SMILES string of the molecule is O=C(N[C@@H](CO)C(=O)NC1CCCCCCCCCCC1)c1c[nH]c(=O)[nH]c1=O. The Morgan fingerprint density at radius 3 is 2.07 bits per heavy atom. The van der Waals surface area contributed by atoms with Crippen LogP contribution in [-0.4, -0.2) is 45.6 Å². The Kier molecular flexibility index (Phi) is 9.63. The number of H-pyrrole nitrogens is 2. The molecule has 1 aromatic heterocycles.